The number of nitrogens with one attached hydrogen (secondary N) is 1. The van der Waals surface area contributed by atoms with Gasteiger partial charge in [0.15, 0.2) is 0 Å². The van der Waals surface area contributed by atoms with Gasteiger partial charge in [-0.15, -0.1) is 11.3 Å². The van der Waals surface area contributed by atoms with Crippen molar-refractivity contribution in [3.8, 4) is 0 Å². The van der Waals surface area contributed by atoms with Gasteiger partial charge < -0.3 is 5.32 Å². The van der Waals surface area contributed by atoms with E-state index in [2.05, 4.69) is 39.2 Å². The van der Waals surface area contributed by atoms with Crippen molar-refractivity contribution in [1.82, 2.24) is 10.3 Å². The summed E-state index contributed by atoms with van der Waals surface area (Å²) in [6.07, 6.45) is 2.74. The van der Waals surface area contributed by atoms with Crippen molar-refractivity contribution in [2.24, 2.45) is 0 Å². The molecule has 1 aromatic carbocycles. The molecule has 0 aliphatic rings. The third kappa shape index (κ3) is 3.54. The quantitative estimate of drug-likeness (QED) is 0.866. The minimum absolute atomic E-state index is 0.257. The van der Waals surface area contributed by atoms with Crippen LogP contribution in [0.2, 0.25) is 5.02 Å². The van der Waals surface area contributed by atoms with Crippen LogP contribution >= 0.6 is 38.9 Å². The number of nitrogens with zero attached hydrogens (tertiary/aromatic N) is 1. The van der Waals surface area contributed by atoms with Gasteiger partial charge in [0.25, 0.3) is 0 Å². The lowest BCUT2D eigenvalue weighted by atomic mass is 10.0. The molecule has 1 heterocycles. The Bertz CT molecular complexity index is 502. The van der Waals surface area contributed by atoms with E-state index in [1.807, 2.05) is 23.7 Å². The third-order valence-electron chi connectivity index (χ3n) is 2.65. The molecule has 2 rings (SSSR count). The van der Waals surface area contributed by atoms with E-state index in [1.54, 1.807) is 11.3 Å². The largest absolute Gasteiger partial charge is 0.310 e. The van der Waals surface area contributed by atoms with E-state index in [-0.39, 0.29) is 6.04 Å². The highest BCUT2D eigenvalue weighted by Crippen LogP contribution is 2.29. The summed E-state index contributed by atoms with van der Waals surface area (Å²) >= 11 is 11.2. The van der Waals surface area contributed by atoms with E-state index < -0.39 is 0 Å². The zero-order valence-corrected chi connectivity index (χ0v) is 13.1. The lowest BCUT2D eigenvalue weighted by molar-refractivity contribution is 0.547. The van der Waals surface area contributed by atoms with Crippen molar-refractivity contribution in [2.75, 3.05) is 6.54 Å². The van der Waals surface area contributed by atoms with E-state index in [0.717, 1.165) is 27.5 Å². The standard InChI is InChI=1S/C13H14BrClN2S/c1-2-16-12(8-13-17-5-6-18-13)10-4-3-9(15)7-11(10)14/h3-7,12,16H,2,8H2,1H3. The lowest BCUT2D eigenvalue weighted by Gasteiger charge is -2.18. The second kappa shape index (κ2) is 6.66. The molecule has 0 aliphatic heterocycles. The summed E-state index contributed by atoms with van der Waals surface area (Å²) in [5.74, 6) is 0. The van der Waals surface area contributed by atoms with Crippen molar-refractivity contribution >= 4 is 38.9 Å². The number of benzene rings is 1. The zero-order chi connectivity index (χ0) is 13.0. The molecule has 0 fully saturated rings. The van der Waals surface area contributed by atoms with E-state index in [9.17, 15) is 0 Å². The number of hydrogen-bond acceptors (Lipinski definition) is 3. The molecule has 0 amide bonds. The molecule has 18 heavy (non-hydrogen) atoms. The van der Waals surface area contributed by atoms with Crippen molar-refractivity contribution in [2.45, 2.75) is 19.4 Å². The highest BCUT2D eigenvalue weighted by molar-refractivity contribution is 9.10. The van der Waals surface area contributed by atoms with Crippen molar-refractivity contribution in [3.63, 3.8) is 0 Å². The Labute approximate surface area is 125 Å². The average Bonchev–Trinajstić information content (AvgIpc) is 2.81. The molecular formula is C13H14BrClN2S. The molecule has 0 spiro atoms. The number of thiazole rings is 1. The summed E-state index contributed by atoms with van der Waals surface area (Å²) in [5.41, 5.74) is 1.22. The Balaban J connectivity index is 2.23. The van der Waals surface area contributed by atoms with Gasteiger partial charge in [-0.2, -0.15) is 0 Å². The van der Waals surface area contributed by atoms with Crippen molar-refractivity contribution < 1.29 is 0 Å². The van der Waals surface area contributed by atoms with E-state index >= 15 is 0 Å². The minimum Gasteiger partial charge on any atom is -0.310 e. The van der Waals surface area contributed by atoms with Crippen molar-refractivity contribution in [3.05, 3.63) is 49.8 Å². The van der Waals surface area contributed by atoms with E-state index in [4.69, 9.17) is 11.6 Å². The molecule has 1 unspecified atom stereocenters. The Morgan fingerprint density at radius 2 is 2.33 bits per heavy atom. The first-order valence-corrected chi connectivity index (χ1v) is 7.82. The van der Waals surface area contributed by atoms with Gasteiger partial charge in [-0.1, -0.05) is 40.5 Å². The molecule has 2 aromatic rings. The molecule has 96 valence electrons. The molecule has 2 nitrogen and oxygen atoms in total. The topological polar surface area (TPSA) is 24.9 Å². The SMILES string of the molecule is CCNC(Cc1nccs1)c1ccc(Cl)cc1Br. The zero-order valence-electron chi connectivity index (χ0n) is 9.99. The van der Waals surface area contributed by atoms with Crippen LogP contribution in [-0.4, -0.2) is 11.5 Å². The molecule has 0 saturated heterocycles. The number of likely N-dealkylation sites (N-methyl/N-ethyl adjacent to an activating group) is 1. The molecule has 0 bridgehead atoms. The molecule has 0 radical (unpaired) electrons. The van der Waals surface area contributed by atoms with Crippen LogP contribution in [0.5, 0.6) is 0 Å². The van der Waals surface area contributed by atoms with Crippen LogP contribution in [0.25, 0.3) is 0 Å². The lowest BCUT2D eigenvalue weighted by Crippen LogP contribution is -2.23. The second-order valence-electron chi connectivity index (χ2n) is 3.91. The molecular weight excluding hydrogens is 332 g/mol. The summed E-state index contributed by atoms with van der Waals surface area (Å²) in [6.45, 7) is 3.03. The maximum atomic E-state index is 5.98. The fraction of sp³-hybridized carbons (Fsp3) is 0.308. The molecule has 0 saturated carbocycles. The van der Waals surface area contributed by atoms with Gasteiger partial charge in [0.1, 0.15) is 0 Å². The molecule has 0 aliphatic carbocycles. The molecule has 1 aromatic heterocycles. The third-order valence-corrected chi connectivity index (χ3v) is 4.37. The number of aromatic nitrogens is 1. The summed E-state index contributed by atoms with van der Waals surface area (Å²) in [5, 5.41) is 7.39. The predicted octanol–water partition coefficient (Wildman–Crippen LogP) is 4.45. The number of hydrogen-bond donors (Lipinski definition) is 1. The molecule has 1 N–H and O–H groups in total. The predicted molar refractivity (Wildman–Crippen MR) is 81.4 cm³/mol. The second-order valence-corrected chi connectivity index (χ2v) is 6.18. The Morgan fingerprint density at radius 1 is 1.50 bits per heavy atom. The van der Waals surface area contributed by atoms with Gasteiger partial charge in [0.05, 0.1) is 5.01 Å². The van der Waals surface area contributed by atoms with Crippen LogP contribution in [-0.2, 0) is 6.42 Å². The molecule has 1 atom stereocenters. The summed E-state index contributed by atoms with van der Waals surface area (Å²) in [6, 6.07) is 6.18. The highest BCUT2D eigenvalue weighted by atomic mass is 79.9. The van der Waals surface area contributed by atoms with Gasteiger partial charge in [-0.25, -0.2) is 4.98 Å². The van der Waals surface area contributed by atoms with Gasteiger partial charge in [0.2, 0.25) is 0 Å². The monoisotopic (exact) mass is 344 g/mol. The Hall–Kier alpha value is -0.420. The Morgan fingerprint density at radius 3 is 2.94 bits per heavy atom. The number of rotatable bonds is 5. The van der Waals surface area contributed by atoms with Crippen LogP contribution in [0.3, 0.4) is 0 Å². The van der Waals surface area contributed by atoms with Gasteiger partial charge >= 0.3 is 0 Å². The van der Waals surface area contributed by atoms with Gasteiger partial charge in [0, 0.05) is 33.5 Å². The highest BCUT2D eigenvalue weighted by Gasteiger charge is 2.15. The first-order valence-electron chi connectivity index (χ1n) is 5.77. The van der Waals surface area contributed by atoms with Crippen LogP contribution in [0.4, 0.5) is 0 Å². The van der Waals surface area contributed by atoms with Crippen molar-refractivity contribution in [1.29, 1.82) is 0 Å². The average molecular weight is 346 g/mol. The minimum atomic E-state index is 0.257. The first kappa shape index (κ1) is 14.0. The summed E-state index contributed by atoms with van der Waals surface area (Å²) in [4.78, 5) is 4.35. The molecule has 5 heteroatoms. The maximum absolute atomic E-state index is 5.98. The summed E-state index contributed by atoms with van der Waals surface area (Å²) in [7, 11) is 0. The maximum Gasteiger partial charge on any atom is 0.0943 e. The van der Waals surface area contributed by atoms with Crippen LogP contribution in [0.15, 0.2) is 34.2 Å². The smallest absolute Gasteiger partial charge is 0.0943 e. The van der Waals surface area contributed by atoms with Crippen LogP contribution < -0.4 is 5.32 Å². The summed E-state index contributed by atoms with van der Waals surface area (Å²) < 4.78 is 1.04. The first-order chi connectivity index (χ1) is 8.70. The fourth-order valence-electron chi connectivity index (χ4n) is 1.85. The van der Waals surface area contributed by atoms with Gasteiger partial charge in [-0.3, -0.25) is 0 Å². The van der Waals surface area contributed by atoms with E-state index in [1.165, 1.54) is 5.56 Å². The van der Waals surface area contributed by atoms with E-state index in [0.29, 0.717) is 0 Å². The fourth-order valence-corrected chi connectivity index (χ4v) is 3.47. The normalized spacial score (nSPS) is 12.6. The Kier molecular flexibility index (Phi) is 5.18. The van der Waals surface area contributed by atoms with Crippen LogP contribution in [0, 0.1) is 0 Å². The number of halogens is 2. The van der Waals surface area contributed by atoms with Gasteiger partial charge in [-0.05, 0) is 24.2 Å². The van der Waals surface area contributed by atoms with Crippen LogP contribution in [0.1, 0.15) is 23.5 Å².